The quantitative estimate of drug-likeness (QED) is 0.909. The van der Waals surface area contributed by atoms with Crippen molar-refractivity contribution in [1.29, 1.82) is 0 Å². The zero-order valence-electron chi connectivity index (χ0n) is 13.5. The van der Waals surface area contributed by atoms with Crippen molar-refractivity contribution in [2.45, 2.75) is 25.8 Å². The Labute approximate surface area is 140 Å². The first-order valence-corrected chi connectivity index (χ1v) is 7.95. The van der Waals surface area contributed by atoms with E-state index in [1.807, 2.05) is 49.4 Å². The maximum absolute atomic E-state index is 12.4. The summed E-state index contributed by atoms with van der Waals surface area (Å²) < 4.78 is 0. The number of hydrogen-bond acceptors (Lipinski definition) is 3. The van der Waals surface area contributed by atoms with Gasteiger partial charge in [-0.25, -0.2) is 5.43 Å². The molecule has 0 spiro atoms. The van der Waals surface area contributed by atoms with E-state index in [0.717, 1.165) is 16.8 Å². The SMILES string of the molecule is C[C@H](NC(=O)c1ccc(C2=NNC(=O)CC2)cc1)c1ccccc1. The largest absolute Gasteiger partial charge is 0.346 e. The first-order chi connectivity index (χ1) is 11.6. The lowest BCUT2D eigenvalue weighted by molar-refractivity contribution is -0.121. The van der Waals surface area contributed by atoms with E-state index >= 15 is 0 Å². The number of nitrogens with one attached hydrogen (secondary N) is 2. The maximum atomic E-state index is 12.4. The molecule has 1 aliphatic rings. The fourth-order valence-electron chi connectivity index (χ4n) is 2.60. The lowest BCUT2D eigenvalue weighted by Gasteiger charge is -2.15. The van der Waals surface area contributed by atoms with Gasteiger partial charge in [0.05, 0.1) is 11.8 Å². The molecule has 3 rings (SSSR count). The third-order valence-corrected chi connectivity index (χ3v) is 4.03. The van der Waals surface area contributed by atoms with E-state index in [9.17, 15) is 9.59 Å². The van der Waals surface area contributed by atoms with Crippen molar-refractivity contribution < 1.29 is 9.59 Å². The molecule has 1 atom stereocenters. The molecule has 2 amide bonds. The Bertz CT molecular complexity index is 767. The summed E-state index contributed by atoms with van der Waals surface area (Å²) in [6, 6.07) is 17.1. The second-order valence-electron chi connectivity index (χ2n) is 5.78. The van der Waals surface area contributed by atoms with Crippen molar-refractivity contribution in [3.05, 3.63) is 71.3 Å². The number of benzene rings is 2. The standard InChI is InChI=1S/C19H19N3O2/c1-13(14-5-3-2-4-6-14)20-19(24)16-9-7-15(8-10-16)17-11-12-18(23)22-21-17/h2-10,13H,11-12H2,1H3,(H,20,24)(H,22,23)/t13-/m0/s1. The first-order valence-electron chi connectivity index (χ1n) is 7.95. The normalized spacial score (nSPS) is 15.2. The van der Waals surface area contributed by atoms with E-state index < -0.39 is 0 Å². The van der Waals surface area contributed by atoms with Crippen LogP contribution in [0.25, 0.3) is 0 Å². The Hall–Kier alpha value is -2.95. The molecule has 2 aromatic carbocycles. The van der Waals surface area contributed by atoms with Crippen LogP contribution in [0.15, 0.2) is 59.7 Å². The molecule has 0 aromatic heterocycles. The highest BCUT2D eigenvalue weighted by Gasteiger charge is 2.15. The number of nitrogens with zero attached hydrogens (tertiary/aromatic N) is 1. The molecule has 0 aliphatic carbocycles. The molecular weight excluding hydrogens is 302 g/mol. The van der Waals surface area contributed by atoms with Crippen molar-refractivity contribution >= 4 is 17.5 Å². The van der Waals surface area contributed by atoms with Gasteiger partial charge < -0.3 is 5.32 Å². The van der Waals surface area contributed by atoms with Crippen LogP contribution in [0.1, 0.15) is 47.3 Å². The Morgan fingerprint density at radius 2 is 1.79 bits per heavy atom. The van der Waals surface area contributed by atoms with Crippen molar-refractivity contribution in [1.82, 2.24) is 10.7 Å². The van der Waals surface area contributed by atoms with Gasteiger partial charge in [-0.15, -0.1) is 0 Å². The van der Waals surface area contributed by atoms with Crippen LogP contribution in [0.5, 0.6) is 0 Å². The van der Waals surface area contributed by atoms with Gasteiger partial charge in [0.25, 0.3) is 5.91 Å². The van der Waals surface area contributed by atoms with Crippen LogP contribution in [-0.2, 0) is 4.79 Å². The second-order valence-corrected chi connectivity index (χ2v) is 5.78. The summed E-state index contributed by atoms with van der Waals surface area (Å²) in [7, 11) is 0. The summed E-state index contributed by atoms with van der Waals surface area (Å²) in [5.74, 6) is -0.179. The van der Waals surface area contributed by atoms with Crippen LogP contribution in [0.4, 0.5) is 0 Å². The molecular formula is C19H19N3O2. The molecule has 1 heterocycles. The minimum atomic E-state index is -0.114. The number of carbonyl (C=O) groups excluding carboxylic acids is 2. The van der Waals surface area contributed by atoms with Crippen LogP contribution in [0.2, 0.25) is 0 Å². The average Bonchev–Trinajstić information content (AvgIpc) is 2.63. The van der Waals surface area contributed by atoms with Crippen molar-refractivity contribution in [3.8, 4) is 0 Å². The molecule has 0 saturated carbocycles. The van der Waals surface area contributed by atoms with Gasteiger partial charge in [0.15, 0.2) is 0 Å². The van der Waals surface area contributed by atoms with Crippen LogP contribution >= 0.6 is 0 Å². The van der Waals surface area contributed by atoms with Gasteiger partial charge >= 0.3 is 0 Å². The number of hydrogen-bond donors (Lipinski definition) is 2. The van der Waals surface area contributed by atoms with Gasteiger partial charge in [-0.05, 0) is 30.2 Å². The van der Waals surface area contributed by atoms with E-state index in [0.29, 0.717) is 18.4 Å². The average molecular weight is 321 g/mol. The zero-order valence-corrected chi connectivity index (χ0v) is 13.5. The van der Waals surface area contributed by atoms with E-state index in [-0.39, 0.29) is 17.9 Å². The van der Waals surface area contributed by atoms with Gasteiger partial charge in [-0.1, -0.05) is 42.5 Å². The smallest absolute Gasteiger partial charge is 0.251 e. The van der Waals surface area contributed by atoms with Crippen LogP contribution in [0, 0.1) is 0 Å². The summed E-state index contributed by atoms with van der Waals surface area (Å²) >= 11 is 0. The fourth-order valence-corrected chi connectivity index (χ4v) is 2.60. The van der Waals surface area contributed by atoms with E-state index in [2.05, 4.69) is 15.8 Å². The zero-order chi connectivity index (χ0) is 16.9. The molecule has 0 radical (unpaired) electrons. The minimum Gasteiger partial charge on any atom is -0.346 e. The molecule has 0 saturated heterocycles. The molecule has 2 aromatic rings. The summed E-state index contributed by atoms with van der Waals surface area (Å²) in [6.07, 6.45) is 1.05. The van der Waals surface area contributed by atoms with Gasteiger partial charge in [0.2, 0.25) is 5.91 Å². The molecule has 0 fully saturated rings. The Morgan fingerprint density at radius 1 is 1.08 bits per heavy atom. The number of carbonyl (C=O) groups is 2. The first kappa shape index (κ1) is 15.9. The Morgan fingerprint density at radius 3 is 2.42 bits per heavy atom. The van der Waals surface area contributed by atoms with Crippen LogP contribution in [-0.4, -0.2) is 17.5 Å². The topological polar surface area (TPSA) is 70.6 Å². The molecule has 0 unspecified atom stereocenters. The van der Waals surface area contributed by atoms with Crippen molar-refractivity contribution in [3.63, 3.8) is 0 Å². The number of rotatable bonds is 4. The van der Waals surface area contributed by atoms with Gasteiger partial charge in [0.1, 0.15) is 0 Å². The van der Waals surface area contributed by atoms with Crippen molar-refractivity contribution in [2.75, 3.05) is 0 Å². The summed E-state index contributed by atoms with van der Waals surface area (Å²) in [4.78, 5) is 23.5. The summed E-state index contributed by atoms with van der Waals surface area (Å²) in [6.45, 7) is 1.96. The summed E-state index contributed by atoms with van der Waals surface area (Å²) in [5.41, 5.74) is 5.90. The Balaban J connectivity index is 1.67. The third-order valence-electron chi connectivity index (χ3n) is 4.03. The highest BCUT2D eigenvalue weighted by atomic mass is 16.2. The van der Waals surface area contributed by atoms with Gasteiger partial charge in [0, 0.05) is 18.4 Å². The van der Waals surface area contributed by atoms with Crippen molar-refractivity contribution in [2.24, 2.45) is 5.10 Å². The lowest BCUT2D eigenvalue weighted by Crippen LogP contribution is -2.27. The number of hydrazone groups is 1. The molecule has 2 N–H and O–H groups in total. The second kappa shape index (κ2) is 7.08. The van der Waals surface area contributed by atoms with Crippen LogP contribution in [0.3, 0.4) is 0 Å². The molecule has 5 heteroatoms. The highest BCUT2D eigenvalue weighted by Crippen LogP contribution is 2.14. The number of amides is 2. The minimum absolute atomic E-state index is 0.0590. The summed E-state index contributed by atoms with van der Waals surface area (Å²) in [5, 5.41) is 7.05. The monoisotopic (exact) mass is 321 g/mol. The molecule has 0 bridgehead atoms. The van der Waals surface area contributed by atoms with E-state index in [1.54, 1.807) is 12.1 Å². The highest BCUT2D eigenvalue weighted by molar-refractivity contribution is 6.05. The van der Waals surface area contributed by atoms with E-state index in [1.165, 1.54) is 0 Å². The van der Waals surface area contributed by atoms with Gasteiger partial charge in [-0.3, -0.25) is 9.59 Å². The molecule has 5 nitrogen and oxygen atoms in total. The third kappa shape index (κ3) is 3.68. The molecule has 122 valence electrons. The van der Waals surface area contributed by atoms with Crippen LogP contribution < -0.4 is 10.7 Å². The Kier molecular flexibility index (Phi) is 4.70. The maximum Gasteiger partial charge on any atom is 0.251 e. The predicted octanol–water partition coefficient (Wildman–Crippen LogP) is 2.79. The molecule has 24 heavy (non-hydrogen) atoms. The van der Waals surface area contributed by atoms with E-state index in [4.69, 9.17) is 0 Å². The predicted molar refractivity (Wildman–Crippen MR) is 92.7 cm³/mol. The lowest BCUT2D eigenvalue weighted by atomic mass is 10.0. The molecule has 1 aliphatic heterocycles. The fraction of sp³-hybridized carbons (Fsp3) is 0.211. The van der Waals surface area contributed by atoms with Gasteiger partial charge in [-0.2, -0.15) is 5.10 Å².